The number of H-pyrrole nitrogens is 1. The Kier molecular flexibility index (Phi) is 2.45. The Hall–Kier alpha value is -2.07. The van der Waals surface area contributed by atoms with E-state index in [1.165, 1.54) is 18.3 Å². The maximum Gasteiger partial charge on any atom is 0.143 e. The largest absolute Gasteiger partial charge is 0.506 e. The van der Waals surface area contributed by atoms with Crippen molar-refractivity contribution in [3.05, 3.63) is 47.5 Å². The number of hydrogen-bond donors (Lipinski definition) is 2. The van der Waals surface area contributed by atoms with E-state index in [9.17, 15) is 9.50 Å². The molecule has 0 amide bonds. The quantitative estimate of drug-likeness (QED) is 0.657. The highest BCUT2D eigenvalue weighted by atomic mass is 35.5. The smallest absolute Gasteiger partial charge is 0.143 e. The third kappa shape index (κ3) is 1.71. The molecule has 0 spiro atoms. The molecule has 0 radical (unpaired) electrons. The summed E-state index contributed by atoms with van der Waals surface area (Å²) in [7, 11) is 0. The number of aromatic hydroxyl groups is 1. The van der Waals surface area contributed by atoms with Gasteiger partial charge in [-0.1, -0.05) is 17.7 Å². The Labute approximate surface area is 107 Å². The average molecular weight is 263 g/mol. The number of nitrogens with zero attached hydrogens (tertiary/aromatic N) is 1. The van der Waals surface area contributed by atoms with Crippen LogP contribution in [0.1, 0.15) is 0 Å². The van der Waals surface area contributed by atoms with Crippen LogP contribution >= 0.6 is 11.6 Å². The summed E-state index contributed by atoms with van der Waals surface area (Å²) in [6.45, 7) is 0. The van der Waals surface area contributed by atoms with Crippen molar-refractivity contribution in [2.75, 3.05) is 0 Å². The van der Waals surface area contributed by atoms with E-state index in [2.05, 4.69) is 9.97 Å². The Morgan fingerprint density at radius 2 is 2.11 bits per heavy atom. The minimum absolute atomic E-state index is 0.00800. The molecule has 0 fully saturated rings. The highest BCUT2D eigenvalue weighted by molar-refractivity contribution is 6.29. The number of halogens is 2. The third-order valence-corrected chi connectivity index (χ3v) is 2.96. The van der Waals surface area contributed by atoms with E-state index < -0.39 is 0 Å². The Bertz CT molecular complexity index is 739. The molecule has 2 aromatic heterocycles. The van der Waals surface area contributed by atoms with Gasteiger partial charge >= 0.3 is 0 Å². The fraction of sp³-hybridized carbons (Fsp3) is 0. The second-order valence-corrected chi connectivity index (χ2v) is 4.30. The zero-order valence-electron chi connectivity index (χ0n) is 9.11. The van der Waals surface area contributed by atoms with Gasteiger partial charge in [0.15, 0.2) is 0 Å². The fourth-order valence-electron chi connectivity index (χ4n) is 1.90. The molecule has 3 aromatic rings. The SMILES string of the molecule is Oc1cnc(Cl)cc1-c1cc2c(F)cccc2[nH]1. The zero-order valence-corrected chi connectivity index (χ0v) is 9.87. The number of nitrogens with one attached hydrogen (secondary N) is 1. The van der Waals surface area contributed by atoms with Crippen molar-refractivity contribution in [3.8, 4) is 17.0 Å². The number of hydrogen-bond acceptors (Lipinski definition) is 2. The molecule has 0 aliphatic rings. The van der Waals surface area contributed by atoms with Crippen molar-refractivity contribution >= 4 is 22.5 Å². The highest BCUT2D eigenvalue weighted by Gasteiger charge is 2.11. The van der Waals surface area contributed by atoms with Crippen LogP contribution in [-0.4, -0.2) is 15.1 Å². The lowest BCUT2D eigenvalue weighted by Crippen LogP contribution is -1.81. The van der Waals surface area contributed by atoms with Gasteiger partial charge in [0.1, 0.15) is 16.7 Å². The first-order valence-corrected chi connectivity index (χ1v) is 5.65. The summed E-state index contributed by atoms with van der Waals surface area (Å²) in [4.78, 5) is 6.80. The van der Waals surface area contributed by atoms with Crippen molar-refractivity contribution in [2.45, 2.75) is 0 Å². The summed E-state index contributed by atoms with van der Waals surface area (Å²) in [6.07, 6.45) is 1.26. The number of rotatable bonds is 1. The van der Waals surface area contributed by atoms with Gasteiger partial charge < -0.3 is 10.1 Å². The highest BCUT2D eigenvalue weighted by Crippen LogP contribution is 2.32. The molecule has 0 saturated heterocycles. The third-order valence-electron chi connectivity index (χ3n) is 2.75. The molecular weight excluding hydrogens is 255 g/mol. The van der Waals surface area contributed by atoms with Crippen LogP contribution in [0.2, 0.25) is 5.15 Å². The van der Waals surface area contributed by atoms with E-state index in [1.807, 2.05) is 0 Å². The predicted octanol–water partition coefficient (Wildman–Crippen LogP) is 3.73. The Morgan fingerprint density at radius 1 is 1.28 bits per heavy atom. The molecule has 0 aliphatic heterocycles. The van der Waals surface area contributed by atoms with Crippen LogP contribution in [0.4, 0.5) is 4.39 Å². The first-order valence-electron chi connectivity index (χ1n) is 5.27. The molecular formula is C13H8ClFN2O. The number of pyridine rings is 1. The maximum absolute atomic E-state index is 13.6. The maximum atomic E-state index is 13.6. The van der Waals surface area contributed by atoms with Gasteiger partial charge in [-0.3, -0.25) is 0 Å². The molecule has 0 aliphatic carbocycles. The van der Waals surface area contributed by atoms with E-state index in [-0.39, 0.29) is 16.7 Å². The molecule has 0 atom stereocenters. The van der Waals surface area contributed by atoms with E-state index in [0.29, 0.717) is 22.2 Å². The topological polar surface area (TPSA) is 48.9 Å². The minimum atomic E-state index is -0.311. The second-order valence-electron chi connectivity index (χ2n) is 3.91. The monoisotopic (exact) mass is 262 g/mol. The fourth-order valence-corrected chi connectivity index (χ4v) is 2.06. The predicted molar refractivity (Wildman–Crippen MR) is 68.2 cm³/mol. The van der Waals surface area contributed by atoms with Crippen molar-refractivity contribution < 1.29 is 9.50 Å². The van der Waals surface area contributed by atoms with Gasteiger partial charge in [0.25, 0.3) is 0 Å². The van der Waals surface area contributed by atoms with Crippen LogP contribution in [0.15, 0.2) is 36.5 Å². The average Bonchev–Trinajstić information content (AvgIpc) is 2.77. The van der Waals surface area contributed by atoms with E-state index in [1.54, 1.807) is 18.2 Å². The number of aromatic amines is 1. The van der Waals surface area contributed by atoms with Crippen molar-refractivity contribution in [3.63, 3.8) is 0 Å². The van der Waals surface area contributed by atoms with Crippen LogP contribution in [0.3, 0.4) is 0 Å². The van der Waals surface area contributed by atoms with Gasteiger partial charge in [-0.15, -0.1) is 0 Å². The molecule has 0 bridgehead atoms. The summed E-state index contributed by atoms with van der Waals surface area (Å²) in [6, 6.07) is 7.94. The van der Waals surface area contributed by atoms with Gasteiger partial charge in [-0.05, 0) is 24.3 Å². The molecule has 90 valence electrons. The van der Waals surface area contributed by atoms with Gasteiger partial charge in [-0.2, -0.15) is 0 Å². The summed E-state index contributed by atoms with van der Waals surface area (Å²) < 4.78 is 13.6. The minimum Gasteiger partial charge on any atom is -0.506 e. The lowest BCUT2D eigenvalue weighted by molar-refractivity contribution is 0.474. The van der Waals surface area contributed by atoms with Crippen LogP contribution in [0, 0.1) is 5.82 Å². The van der Waals surface area contributed by atoms with Crippen molar-refractivity contribution in [1.29, 1.82) is 0 Å². The lowest BCUT2D eigenvalue weighted by Gasteiger charge is -2.01. The molecule has 3 rings (SSSR count). The summed E-state index contributed by atoms with van der Waals surface area (Å²) in [5, 5.41) is 10.5. The first kappa shape index (κ1) is 11.0. The standard InChI is InChI=1S/C13H8ClFN2O/c14-13-5-8(12(18)6-16-13)11-4-7-9(15)2-1-3-10(7)17-11/h1-6,17-18H. The summed E-state index contributed by atoms with van der Waals surface area (Å²) in [5.74, 6) is -0.319. The molecule has 3 nitrogen and oxygen atoms in total. The number of benzene rings is 1. The van der Waals surface area contributed by atoms with E-state index >= 15 is 0 Å². The van der Waals surface area contributed by atoms with Crippen LogP contribution in [0.25, 0.3) is 22.2 Å². The normalized spacial score (nSPS) is 11.0. The molecule has 0 saturated carbocycles. The zero-order chi connectivity index (χ0) is 12.7. The lowest BCUT2D eigenvalue weighted by atomic mass is 10.1. The van der Waals surface area contributed by atoms with Crippen molar-refractivity contribution in [1.82, 2.24) is 9.97 Å². The second kappa shape index (κ2) is 3.99. The molecule has 1 aromatic carbocycles. The Balaban J connectivity index is 2.26. The van der Waals surface area contributed by atoms with Crippen LogP contribution in [0.5, 0.6) is 5.75 Å². The summed E-state index contributed by atoms with van der Waals surface area (Å²) in [5.41, 5.74) is 1.75. The molecule has 2 N–H and O–H groups in total. The van der Waals surface area contributed by atoms with Crippen LogP contribution < -0.4 is 0 Å². The molecule has 5 heteroatoms. The first-order chi connectivity index (χ1) is 8.65. The number of aromatic nitrogens is 2. The molecule has 18 heavy (non-hydrogen) atoms. The molecule has 2 heterocycles. The Morgan fingerprint density at radius 3 is 2.89 bits per heavy atom. The number of fused-ring (bicyclic) bond motifs is 1. The molecule has 0 unspecified atom stereocenters. The van der Waals surface area contributed by atoms with E-state index in [4.69, 9.17) is 11.6 Å². The van der Waals surface area contributed by atoms with E-state index in [0.717, 1.165) is 0 Å². The van der Waals surface area contributed by atoms with Gasteiger partial charge in [-0.25, -0.2) is 9.37 Å². The van der Waals surface area contributed by atoms with Gasteiger partial charge in [0.2, 0.25) is 0 Å². The summed E-state index contributed by atoms with van der Waals surface area (Å²) >= 11 is 5.79. The van der Waals surface area contributed by atoms with Gasteiger partial charge in [0.05, 0.1) is 11.9 Å². The van der Waals surface area contributed by atoms with Crippen LogP contribution in [-0.2, 0) is 0 Å². The van der Waals surface area contributed by atoms with Crippen molar-refractivity contribution in [2.24, 2.45) is 0 Å². The van der Waals surface area contributed by atoms with Gasteiger partial charge in [0, 0.05) is 16.5 Å².